The number of imidazole rings is 2. The summed E-state index contributed by atoms with van der Waals surface area (Å²) in [6, 6.07) is 29.3. The Morgan fingerprint density at radius 3 is 1.74 bits per heavy atom. The lowest BCUT2D eigenvalue weighted by Crippen LogP contribution is -2.44. The minimum atomic E-state index is -0.0313. The molecular weight excluding hydrogens is 865 g/mol. The van der Waals surface area contributed by atoms with E-state index in [2.05, 4.69) is 135 Å². The standard InChI is InChI=1S/C13H19N.C10H13N3.C10H12N2O.C10H20N2.C10H19N.C6H13N/c1-13(2,3)14-9-8-11-6-4-5-7-12(11)10-14;1-7(2)13-9-6-4-3-5-8(9)12-10(13)11;1-7(2)12-9-6-4-3-5-8(9)11-10(12)13;1-8(2)12-4-3-9-5-11-6-10(9)7-12;1-8(2)11-9-4-3-5-10(11)7-6-9;1-6(2)7-4-3-5-7/h4-7H,8-10H2,1-3H3;3-7H,1-2H3,(H2,11,12);3-7H,1-2H3,(H,11,13);8-11H,3-7H2,1-2H3;8-10H,3-7H2,1-2H3;6H,3-5H2,1-2H3. The molecule has 5 saturated heterocycles. The second-order valence-electron chi connectivity index (χ2n) is 23.3. The number of para-hydroxylation sites is 4. The smallest absolute Gasteiger partial charge is 0.326 e. The summed E-state index contributed by atoms with van der Waals surface area (Å²) in [5, 5.41) is 3.50. The molecule has 5 fully saturated rings. The van der Waals surface area contributed by atoms with E-state index in [0.717, 1.165) is 70.7 Å². The van der Waals surface area contributed by atoms with Crippen LogP contribution in [-0.4, -0.2) is 120 Å². The van der Waals surface area contributed by atoms with Gasteiger partial charge in [0.1, 0.15) is 0 Å². The van der Waals surface area contributed by atoms with Gasteiger partial charge in [-0.3, -0.25) is 14.4 Å². The molecule has 388 valence electrons. The van der Waals surface area contributed by atoms with Crippen molar-refractivity contribution in [1.82, 2.24) is 44.0 Å². The molecular formula is C59H96N10O. The van der Waals surface area contributed by atoms with Crippen molar-refractivity contribution in [3.63, 3.8) is 0 Å². The summed E-state index contributed by atoms with van der Waals surface area (Å²) in [6.45, 7) is 39.0. The Kier molecular flexibility index (Phi) is 20.2. The molecule has 70 heavy (non-hydrogen) atoms. The van der Waals surface area contributed by atoms with Crippen molar-refractivity contribution in [2.45, 2.75) is 196 Å². The molecule has 2 aromatic heterocycles. The highest BCUT2D eigenvalue weighted by atomic mass is 16.1. The van der Waals surface area contributed by atoms with E-state index in [1.165, 1.54) is 108 Å². The molecule has 11 nitrogen and oxygen atoms in total. The van der Waals surface area contributed by atoms with E-state index >= 15 is 0 Å². The number of hydrogen-bond donors (Lipinski definition) is 3. The first-order chi connectivity index (χ1) is 33.3. The van der Waals surface area contributed by atoms with Gasteiger partial charge in [0.2, 0.25) is 5.95 Å². The fourth-order valence-corrected chi connectivity index (χ4v) is 11.7. The maximum atomic E-state index is 11.5. The average Bonchev–Trinajstić information content (AvgIpc) is 4.06. The number of hydrogen-bond acceptors (Lipinski definition) is 8. The number of rotatable bonds is 5. The maximum Gasteiger partial charge on any atom is 0.326 e. The summed E-state index contributed by atoms with van der Waals surface area (Å²) in [4.78, 5) is 29.0. The van der Waals surface area contributed by atoms with Gasteiger partial charge in [0.25, 0.3) is 0 Å². The van der Waals surface area contributed by atoms with Crippen LogP contribution in [0.1, 0.15) is 158 Å². The number of nitrogens with two attached hydrogens (primary N) is 1. The lowest BCUT2D eigenvalue weighted by molar-refractivity contribution is 0.104. The van der Waals surface area contributed by atoms with Crippen molar-refractivity contribution in [1.29, 1.82) is 0 Å². The van der Waals surface area contributed by atoms with Crippen molar-refractivity contribution >= 4 is 28.0 Å². The fraction of sp³-hybridized carbons (Fsp3) is 0.661. The monoisotopic (exact) mass is 961 g/mol. The number of anilines is 1. The van der Waals surface area contributed by atoms with Crippen LogP contribution in [0.3, 0.4) is 0 Å². The third kappa shape index (κ3) is 14.6. The number of piperidine rings is 2. The fourth-order valence-electron chi connectivity index (χ4n) is 11.7. The molecule has 3 aromatic carbocycles. The summed E-state index contributed by atoms with van der Waals surface area (Å²) in [7, 11) is 0. The third-order valence-corrected chi connectivity index (χ3v) is 15.8. The van der Waals surface area contributed by atoms with Gasteiger partial charge in [-0.2, -0.15) is 0 Å². The molecule has 0 amide bonds. The van der Waals surface area contributed by atoms with Crippen LogP contribution in [0.15, 0.2) is 77.6 Å². The molecule has 4 atom stereocenters. The van der Waals surface area contributed by atoms with Gasteiger partial charge < -0.3 is 30.4 Å². The average molecular weight is 961 g/mol. The molecule has 5 aromatic rings. The van der Waals surface area contributed by atoms with Crippen LogP contribution in [0.4, 0.5) is 5.95 Å². The number of nitrogens with zero attached hydrogens (tertiary/aromatic N) is 7. The molecule has 0 radical (unpaired) electrons. The van der Waals surface area contributed by atoms with Gasteiger partial charge in [0.05, 0.1) is 22.1 Å². The first-order valence-corrected chi connectivity index (χ1v) is 27.5. The summed E-state index contributed by atoms with van der Waals surface area (Å²) < 4.78 is 3.80. The Morgan fingerprint density at radius 2 is 1.19 bits per heavy atom. The number of aromatic amines is 1. The van der Waals surface area contributed by atoms with E-state index in [4.69, 9.17) is 5.73 Å². The lowest BCUT2D eigenvalue weighted by atomic mass is 9.88. The quantitative estimate of drug-likeness (QED) is 0.160. The van der Waals surface area contributed by atoms with Gasteiger partial charge in [-0.05, 0) is 215 Å². The molecule has 11 heteroatoms. The molecule has 0 spiro atoms. The molecule has 0 saturated carbocycles. The first-order valence-electron chi connectivity index (χ1n) is 27.5. The van der Waals surface area contributed by atoms with Crippen LogP contribution in [0, 0.1) is 11.8 Å². The molecule has 11 rings (SSSR count). The highest BCUT2D eigenvalue weighted by Crippen LogP contribution is 2.37. The normalized spacial score (nSPS) is 22.5. The van der Waals surface area contributed by atoms with Crippen LogP contribution in [-0.2, 0) is 13.0 Å². The van der Waals surface area contributed by atoms with Gasteiger partial charge in [-0.15, -0.1) is 0 Å². The summed E-state index contributed by atoms with van der Waals surface area (Å²) >= 11 is 0. The summed E-state index contributed by atoms with van der Waals surface area (Å²) in [5.41, 5.74) is 13.1. The highest BCUT2D eigenvalue weighted by Gasteiger charge is 2.37. The van der Waals surface area contributed by atoms with E-state index in [9.17, 15) is 4.79 Å². The van der Waals surface area contributed by atoms with Gasteiger partial charge in [-0.1, -0.05) is 55.0 Å². The summed E-state index contributed by atoms with van der Waals surface area (Å²) in [5.74, 6) is 2.53. The molecule has 0 aliphatic carbocycles. The zero-order valence-electron chi connectivity index (χ0n) is 46.1. The van der Waals surface area contributed by atoms with Crippen LogP contribution >= 0.6 is 0 Å². The van der Waals surface area contributed by atoms with Crippen molar-refractivity contribution < 1.29 is 0 Å². The largest absolute Gasteiger partial charge is 0.369 e. The Labute approximate surface area is 424 Å². The topological polar surface area (TPSA) is 107 Å². The predicted molar refractivity (Wildman–Crippen MR) is 298 cm³/mol. The second kappa shape index (κ2) is 25.6. The molecule has 4 unspecified atom stereocenters. The molecule has 8 heterocycles. The van der Waals surface area contributed by atoms with E-state index < -0.39 is 0 Å². The minimum absolute atomic E-state index is 0.0313. The van der Waals surface area contributed by atoms with Crippen molar-refractivity contribution in [2.75, 3.05) is 51.5 Å². The number of H-pyrrole nitrogens is 1. The van der Waals surface area contributed by atoms with E-state index in [1.807, 2.05) is 66.9 Å². The Hall–Kier alpha value is -4.00. The van der Waals surface area contributed by atoms with Crippen molar-refractivity contribution in [3.05, 3.63) is 94.4 Å². The maximum absolute atomic E-state index is 11.5. The Morgan fingerprint density at radius 1 is 0.600 bits per heavy atom. The number of nitrogens with one attached hydrogen (secondary N) is 2. The Bertz CT molecular complexity index is 2360. The SMILES string of the molecule is CC(C)(C)N1CCc2ccccc2C1.CC(C)N1C2CCCC1CC2.CC(C)N1CCC1.CC(C)N1CCC2CNCC2C1.CC(C)n1c(=O)[nH]c2ccccc21.CC(C)n1c(N)nc2ccccc21. The zero-order chi connectivity index (χ0) is 50.7. The minimum Gasteiger partial charge on any atom is -0.369 e. The van der Waals surface area contributed by atoms with E-state index in [1.54, 1.807) is 4.57 Å². The molecule has 6 aliphatic rings. The van der Waals surface area contributed by atoms with Crippen molar-refractivity contribution in [3.8, 4) is 0 Å². The van der Waals surface area contributed by atoms with Crippen LogP contribution in [0.25, 0.3) is 22.1 Å². The molecule has 4 N–H and O–H groups in total. The predicted octanol–water partition coefficient (Wildman–Crippen LogP) is 11.4. The zero-order valence-corrected chi connectivity index (χ0v) is 46.1. The first kappa shape index (κ1) is 55.3. The van der Waals surface area contributed by atoms with Gasteiger partial charge in [0.15, 0.2) is 0 Å². The summed E-state index contributed by atoms with van der Waals surface area (Å²) in [6.07, 6.45) is 11.4. The number of benzene rings is 3. The number of nitrogen functional groups attached to an aromatic ring is 1. The third-order valence-electron chi connectivity index (χ3n) is 15.8. The number of aromatic nitrogens is 4. The molecule has 2 bridgehead atoms. The lowest BCUT2D eigenvalue weighted by Gasteiger charge is -2.39. The van der Waals surface area contributed by atoms with Crippen LogP contribution in [0.5, 0.6) is 0 Å². The molecule has 6 aliphatic heterocycles. The van der Waals surface area contributed by atoms with Crippen molar-refractivity contribution in [2.24, 2.45) is 11.8 Å². The second-order valence-corrected chi connectivity index (χ2v) is 23.3. The van der Waals surface area contributed by atoms with Crippen LogP contribution < -0.4 is 16.7 Å². The van der Waals surface area contributed by atoms with E-state index in [-0.39, 0.29) is 11.7 Å². The van der Waals surface area contributed by atoms with Gasteiger partial charge >= 0.3 is 5.69 Å². The number of likely N-dealkylation sites (tertiary alicyclic amines) is 2. The highest BCUT2D eigenvalue weighted by molar-refractivity contribution is 5.78. The van der Waals surface area contributed by atoms with E-state index in [0.29, 0.717) is 17.5 Å². The number of fused-ring (bicyclic) bond motifs is 6. The van der Waals surface area contributed by atoms with Gasteiger partial charge in [0, 0.05) is 67.5 Å². The Balaban J connectivity index is 0.000000139. The van der Waals surface area contributed by atoms with Crippen LogP contribution in [0.2, 0.25) is 0 Å². The van der Waals surface area contributed by atoms with Gasteiger partial charge in [-0.25, -0.2) is 9.78 Å².